The molecule has 0 amide bonds. The Bertz CT molecular complexity index is 655. The molecule has 0 aliphatic carbocycles. The van der Waals surface area contributed by atoms with E-state index < -0.39 is 5.97 Å². The van der Waals surface area contributed by atoms with Crippen LogP contribution in [0, 0.1) is 0 Å². The van der Waals surface area contributed by atoms with Crippen LogP contribution in [0.25, 0.3) is 0 Å². The van der Waals surface area contributed by atoms with E-state index in [0.29, 0.717) is 11.3 Å². The zero-order valence-corrected chi connectivity index (χ0v) is 14.1. The van der Waals surface area contributed by atoms with E-state index in [1.54, 1.807) is 24.3 Å². The van der Waals surface area contributed by atoms with Gasteiger partial charge in [-0.05, 0) is 18.2 Å². The summed E-state index contributed by atoms with van der Waals surface area (Å²) in [5.74, 6) is 0.245. The van der Waals surface area contributed by atoms with Gasteiger partial charge in [0.25, 0.3) is 0 Å². The number of ether oxygens (including phenoxy) is 2. The molecule has 120 valence electrons. The molecule has 4 nitrogen and oxygen atoms in total. The van der Waals surface area contributed by atoms with Crippen LogP contribution in [0.4, 0.5) is 0 Å². The predicted octanol–water partition coefficient (Wildman–Crippen LogP) is 4.03. The molecule has 0 fully saturated rings. The highest BCUT2D eigenvalue weighted by molar-refractivity contribution is 9.10. The average molecular weight is 377 g/mol. The molecule has 0 radical (unpaired) electrons. The monoisotopic (exact) mass is 376 g/mol. The fraction of sp³-hybridized carbons (Fsp3) is 0.222. The molecule has 0 bridgehead atoms. The molecule has 0 aliphatic rings. The predicted molar refractivity (Wildman–Crippen MR) is 90.6 cm³/mol. The van der Waals surface area contributed by atoms with Gasteiger partial charge in [-0.3, -0.25) is 9.59 Å². The van der Waals surface area contributed by atoms with Gasteiger partial charge in [0.05, 0.1) is 6.42 Å². The van der Waals surface area contributed by atoms with Gasteiger partial charge in [0.2, 0.25) is 0 Å². The van der Waals surface area contributed by atoms with Crippen LogP contribution in [0.1, 0.15) is 23.2 Å². The summed E-state index contributed by atoms with van der Waals surface area (Å²) in [5, 5.41) is 0. The molecule has 2 aromatic carbocycles. The van der Waals surface area contributed by atoms with E-state index in [0.717, 1.165) is 4.47 Å². The maximum atomic E-state index is 11.9. The normalized spacial score (nSPS) is 10.1. The van der Waals surface area contributed by atoms with Crippen molar-refractivity contribution in [3.05, 3.63) is 64.6 Å². The summed E-state index contributed by atoms with van der Waals surface area (Å²) in [5.41, 5.74) is 0.610. The standard InChI is InChI=1S/C18H17BrO4/c19-15-7-4-8-16(13-15)22-11-12-23-18(21)10-9-17(20)14-5-2-1-3-6-14/h1-8,13H,9-12H2. The first-order valence-corrected chi connectivity index (χ1v) is 8.06. The Balaban J connectivity index is 1.63. The second-order valence-electron chi connectivity index (χ2n) is 4.82. The van der Waals surface area contributed by atoms with Crippen LogP contribution in [-0.4, -0.2) is 25.0 Å². The minimum Gasteiger partial charge on any atom is -0.490 e. The molecule has 23 heavy (non-hydrogen) atoms. The molecule has 0 saturated heterocycles. The minimum atomic E-state index is -0.396. The second kappa shape index (κ2) is 9.10. The Morgan fingerprint density at radius 3 is 2.43 bits per heavy atom. The van der Waals surface area contributed by atoms with Gasteiger partial charge < -0.3 is 9.47 Å². The Morgan fingerprint density at radius 1 is 0.913 bits per heavy atom. The number of Topliss-reactive ketones (excluding diaryl/α,β-unsaturated/α-hetero) is 1. The molecule has 0 aromatic heterocycles. The summed E-state index contributed by atoms with van der Waals surface area (Å²) < 4.78 is 11.4. The van der Waals surface area contributed by atoms with Gasteiger partial charge in [0.15, 0.2) is 5.78 Å². The number of esters is 1. The van der Waals surface area contributed by atoms with Crippen LogP contribution in [0.5, 0.6) is 5.75 Å². The average Bonchev–Trinajstić information content (AvgIpc) is 2.57. The molecule has 0 atom stereocenters. The lowest BCUT2D eigenvalue weighted by Gasteiger charge is -2.07. The highest BCUT2D eigenvalue weighted by atomic mass is 79.9. The van der Waals surface area contributed by atoms with Gasteiger partial charge >= 0.3 is 5.97 Å². The number of hydrogen-bond acceptors (Lipinski definition) is 4. The SMILES string of the molecule is O=C(CCC(=O)c1ccccc1)OCCOc1cccc(Br)c1. The minimum absolute atomic E-state index is 0.0621. The molecule has 2 aromatic rings. The Hall–Kier alpha value is -2.14. The van der Waals surface area contributed by atoms with Crippen LogP contribution >= 0.6 is 15.9 Å². The lowest BCUT2D eigenvalue weighted by atomic mass is 10.1. The third-order valence-electron chi connectivity index (χ3n) is 3.06. The first-order valence-electron chi connectivity index (χ1n) is 7.27. The zero-order valence-electron chi connectivity index (χ0n) is 12.5. The third kappa shape index (κ3) is 6.24. The number of ketones is 1. The summed E-state index contributed by atoms with van der Waals surface area (Å²) in [6.45, 7) is 0.430. The molecular weight excluding hydrogens is 360 g/mol. The molecule has 0 aliphatic heterocycles. The van der Waals surface area contributed by atoms with E-state index in [2.05, 4.69) is 15.9 Å². The van der Waals surface area contributed by atoms with Crippen molar-refractivity contribution in [1.29, 1.82) is 0 Å². The summed E-state index contributed by atoms with van der Waals surface area (Å²) >= 11 is 3.35. The number of benzene rings is 2. The zero-order chi connectivity index (χ0) is 16.5. The summed E-state index contributed by atoms with van der Waals surface area (Å²) in [4.78, 5) is 23.5. The van der Waals surface area contributed by atoms with Crippen molar-refractivity contribution in [1.82, 2.24) is 0 Å². The van der Waals surface area contributed by atoms with Crippen LogP contribution in [0.15, 0.2) is 59.1 Å². The number of carbonyl (C=O) groups excluding carboxylic acids is 2. The molecule has 0 N–H and O–H groups in total. The van der Waals surface area contributed by atoms with E-state index in [1.807, 2.05) is 30.3 Å². The van der Waals surface area contributed by atoms with Crippen molar-refractivity contribution >= 4 is 27.7 Å². The summed E-state index contributed by atoms with van der Waals surface area (Å²) in [6, 6.07) is 16.3. The van der Waals surface area contributed by atoms with Crippen molar-refractivity contribution in [2.24, 2.45) is 0 Å². The summed E-state index contributed by atoms with van der Waals surface area (Å²) in [7, 11) is 0. The molecule has 2 rings (SSSR count). The Kier molecular flexibility index (Phi) is 6.81. The van der Waals surface area contributed by atoms with Gasteiger partial charge in [0.1, 0.15) is 19.0 Å². The van der Waals surface area contributed by atoms with Crippen LogP contribution in [0.3, 0.4) is 0 Å². The smallest absolute Gasteiger partial charge is 0.306 e. The molecular formula is C18H17BrO4. The third-order valence-corrected chi connectivity index (χ3v) is 3.56. The molecule has 5 heteroatoms. The first-order chi connectivity index (χ1) is 11.1. The van der Waals surface area contributed by atoms with Gasteiger partial charge in [-0.2, -0.15) is 0 Å². The van der Waals surface area contributed by atoms with E-state index in [9.17, 15) is 9.59 Å². The van der Waals surface area contributed by atoms with Crippen LogP contribution in [-0.2, 0) is 9.53 Å². The van der Waals surface area contributed by atoms with E-state index in [4.69, 9.17) is 9.47 Å². The topological polar surface area (TPSA) is 52.6 Å². The maximum absolute atomic E-state index is 11.9. The van der Waals surface area contributed by atoms with Gasteiger partial charge in [0, 0.05) is 16.5 Å². The van der Waals surface area contributed by atoms with Gasteiger partial charge in [-0.25, -0.2) is 0 Å². The Morgan fingerprint density at radius 2 is 1.70 bits per heavy atom. The molecule has 0 spiro atoms. The van der Waals surface area contributed by atoms with Crippen molar-refractivity contribution in [3.63, 3.8) is 0 Å². The lowest BCUT2D eigenvalue weighted by molar-refractivity contribution is -0.144. The second-order valence-corrected chi connectivity index (χ2v) is 5.73. The highest BCUT2D eigenvalue weighted by Crippen LogP contribution is 2.17. The lowest BCUT2D eigenvalue weighted by Crippen LogP contribution is -2.13. The molecule has 0 unspecified atom stereocenters. The van der Waals surface area contributed by atoms with Crippen molar-refractivity contribution < 1.29 is 19.1 Å². The maximum Gasteiger partial charge on any atom is 0.306 e. The van der Waals surface area contributed by atoms with Gasteiger partial charge in [-0.15, -0.1) is 0 Å². The molecule has 0 saturated carbocycles. The fourth-order valence-electron chi connectivity index (χ4n) is 1.93. The van der Waals surface area contributed by atoms with Crippen LogP contribution in [0.2, 0.25) is 0 Å². The Labute approximate surface area is 143 Å². The number of hydrogen-bond donors (Lipinski definition) is 0. The quantitative estimate of drug-likeness (QED) is 0.396. The number of rotatable bonds is 8. The summed E-state index contributed by atoms with van der Waals surface area (Å²) in [6.07, 6.45) is 0.222. The van der Waals surface area contributed by atoms with Crippen molar-refractivity contribution in [2.75, 3.05) is 13.2 Å². The highest BCUT2D eigenvalue weighted by Gasteiger charge is 2.09. The largest absolute Gasteiger partial charge is 0.490 e. The number of halogens is 1. The fourth-order valence-corrected chi connectivity index (χ4v) is 2.31. The van der Waals surface area contributed by atoms with Crippen LogP contribution < -0.4 is 4.74 Å². The number of carbonyl (C=O) groups is 2. The van der Waals surface area contributed by atoms with Crippen molar-refractivity contribution in [2.45, 2.75) is 12.8 Å². The van der Waals surface area contributed by atoms with Crippen molar-refractivity contribution in [3.8, 4) is 5.75 Å². The van der Waals surface area contributed by atoms with E-state index >= 15 is 0 Å². The van der Waals surface area contributed by atoms with E-state index in [1.165, 1.54) is 0 Å². The molecule has 0 heterocycles. The van der Waals surface area contributed by atoms with E-state index in [-0.39, 0.29) is 31.8 Å². The first kappa shape index (κ1) is 17.2. The van der Waals surface area contributed by atoms with Gasteiger partial charge in [-0.1, -0.05) is 52.3 Å².